The maximum absolute atomic E-state index is 10.8. The summed E-state index contributed by atoms with van der Waals surface area (Å²) in [5, 5.41) is 18.7. The van der Waals surface area contributed by atoms with Crippen LogP contribution in [0, 0.1) is 0 Å². The molecule has 20 heavy (non-hydrogen) atoms. The molecule has 0 amide bonds. The summed E-state index contributed by atoms with van der Waals surface area (Å²) in [6, 6.07) is 11.9. The Morgan fingerprint density at radius 1 is 1.15 bits per heavy atom. The number of carbonyl (C=O) groups is 1. The van der Waals surface area contributed by atoms with Crippen molar-refractivity contribution in [3.63, 3.8) is 0 Å². The fraction of sp³-hybridized carbons (Fsp3) is 0.188. The minimum atomic E-state index is -0.958. The summed E-state index contributed by atoms with van der Waals surface area (Å²) in [5.74, 6) is 0.354. The normalized spacial score (nSPS) is 16.8. The van der Waals surface area contributed by atoms with E-state index >= 15 is 0 Å². The molecule has 2 N–H and O–H groups in total. The molecular formula is C16H14O4. The molecule has 0 fully saturated rings. The molecule has 0 aliphatic heterocycles. The van der Waals surface area contributed by atoms with Gasteiger partial charge in [0.1, 0.15) is 11.5 Å². The maximum atomic E-state index is 10.8. The Hall–Kier alpha value is -2.33. The summed E-state index contributed by atoms with van der Waals surface area (Å²) in [6.45, 7) is 0. The second-order valence-corrected chi connectivity index (χ2v) is 4.81. The molecular weight excluding hydrogens is 256 g/mol. The van der Waals surface area contributed by atoms with Crippen LogP contribution in [-0.4, -0.2) is 16.2 Å². The zero-order valence-electron chi connectivity index (χ0n) is 10.7. The van der Waals surface area contributed by atoms with Crippen LogP contribution in [0.25, 0.3) is 0 Å². The summed E-state index contributed by atoms with van der Waals surface area (Å²) in [4.78, 5) is 10.8. The molecule has 0 heterocycles. The lowest BCUT2D eigenvalue weighted by Gasteiger charge is -2.11. The third-order valence-corrected chi connectivity index (χ3v) is 3.53. The van der Waals surface area contributed by atoms with Crippen LogP contribution < -0.4 is 4.74 Å². The molecule has 1 aliphatic rings. The second kappa shape index (κ2) is 4.98. The number of aliphatic hydroxyl groups excluding tert-OH is 1. The van der Waals surface area contributed by atoms with Crippen molar-refractivity contribution in [3.8, 4) is 11.5 Å². The van der Waals surface area contributed by atoms with Gasteiger partial charge in [-0.1, -0.05) is 12.1 Å². The smallest absolute Gasteiger partial charge is 0.335 e. The molecule has 3 rings (SSSR count). The highest BCUT2D eigenvalue weighted by atomic mass is 16.5. The minimum Gasteiger partial charge on any atom is -0.478 e. The molecule has 0 unspecified atom stereocenters. The molecule has 0 radical (unpaired) electrons. The second-order valence-electron chi connectivity index (χ2n) is 4.81. The summed E-state index contributed by atoms with van der Waals surface area (Å²) < 4.78 is 5.80. The molecule has 2 aromatic rings. The lowest BCUT2D eigenvalue weighted by Crippen LogP contribution is -1.96. The van der Waals surface area contributed by atoms with Gasteiger partial charge in [0.2, 0.25) is 0 Å². The van der Waals surface area contributed by atoms with E-state index in [2.05, 4.69) is 0 Å². The van der Waals surface area contributed by atoms with E-state index in [9.17, 15) is 9.90 Å². The van der Waals surface area contributed by atoms with Crippen molar-refractivity contribution in [2.45, 2.75) is 18.9 Å². The molecule has 0 aromatic heterocycles. The first-order valence-corrected chi connectivity index (χ1v) is 6.46. The Balaban J connectivity index is 1.87. The van der Waals surface area contributed by atoms with E-state index < -0.39 is 12.1 Å². The van der Waals surface area contributed by atoms with Gasteiger partial charge in [-0.25, -0.2) is 4.79 Å². The van der Waals surface area contributed by atoms with Gasteiger partial charge >= 0.3 is 5.97 Å². The number of rotatable bonds is 3. The zero-order valence-corrected chi connectivity index (χ0v) is 10.7. The van der Waals surface area contributed by atoms with Gasteiger partial charge in [0.25, 0.3) is 0 Å². The zero-order chi connectivity index (χ0) is 14.1. The number of hydrogen-bond acceptors (Lipinski definition) is 3. The van der Waals surface area contributed by atoms with Crippen LogP contribution in [0.5, 0.6) is 11.5 Å². The van der Waals surface area contributed by atoms with E-state index in [0.717, 1.165) is 23.3 Å². The van der Waals surface area contributed by atoms with Crippen LogP contribution in [0.2, 0.25) is 0 Å². The van der Waals surface area contributed by atoms with Gasteiger partial charge < -0.3 is 14.9 Å². The summed E-state index contributed by atoms with van der Waals surface area (Å²) in [6.07, 6.45) is 1.09. The Kier molecular flexibility index (Phi) is 3.16. The van der Waals surface area contributed by atoms with Crippen molar-refractivity contribution in [1.29, 1.82) is 0 Å². The fourth-order valence-corrected chi connectivity index (χ4v) is 2.49. The van der Waals surface area contributed by atoms with Crippen LogP contribution in [0.4, 0.5) is 0 Å². The Labute approximate surface area is 116 Å². The van der Waals surface area contributed by atoms with Gasteiger partial charge in [0.15, 0.2) is 0 Å². The van der Waals surface area contributed by atoms with Crippen molar-refractivity contribution in [1.82, 2.24) is 0 Å². The molecule has 1 aliphatic carbocycles. The van der Waals surface area contributed by atoms with Crippen LogP contribution in [0.1, 0.15) is 34.0 Å². The van der Waals surface area contributed by atoms with Gasteiger partial charge in [-0.15, -0.1) is 0 Å². The predicted octanol–water partition coefficient (Wildman–Crippen LogP) is 3.16. The first kappa shape index (κ1) is 12.7. The molecule has 4 nitrogen and oxygen atoms in total. The Morgan fingerprint density at radius 2 is 1.90 bits per heavy atom. The largest absolute Gasteiger partial charge is 0.478 e. The molecule has 102 valence electrons. The van der Waals surface area contributed by atoms with Gasteiger partial charge in [-0.2, -0.15) is 0 Å². The molecule has 1 atom stereocenters. The number of fused-ring (bicyclic) bond motifs is 1. The summed E-state index contributed by atoms with van der Waals surface area (Å²) in [5.41, 5.74) is 2.18. The third kappa shape index (κ3) is 2.26. The van der Waals surface area contributed by atoms with Crippen LogP contribution in [0.15, 0.2) is 42.5 Å². The standard InChI is InChI=1S/C16H14O4/c17-14-9-8-13-12(14)2-1-3-15(13)20-11-6-4-10(5-7-11)16(18)19/h1-7,14,17H,8-9H2,(H,18,19)/t14-/m0/s1. The van der Waals surface area contributed by atoms with E-state index in [1.54, 1.807) is 12.1 Å². The monoisotopic (exact) mass is 270 g/mol. The van der Waals surface area contributed by atoms with Gasteiger partial charge in [0, 0.05) is 5.56 Å². The topological polar surface area (TPSA) is 66.8 Å². The SMILES string of the molecule is O=C(O)c1ccc(Oc2cccc3c2CC[C@@H]3O)cc1. The average molecular weight is 270 g/mol. The van der Waals surface area contributed by atoms with Crippen molar-refractivity contribution >= 4 is 5.97 Å². The van der Waals surface area contributed by atoms with Gasteiger partial charge in [0.05, 0.1) is 11.7 Å². The van der Waals surface area contributed by atoms with E-state index in [0.29, 0.717) is 12.2 Å². The Morgan fingerprint density at radius 3 is 2.60 bits per heavy atom. The van der Waals surface area contributed by atoms with Crippen LogP contribution >= 0.6 is 0 Å². The van der Waals surface area contributed by atoms with Crippen LogP contribution in [-0.2, 0) is 6.42 Å². The Bertz CT molecular complexity index is 646. The predicted molar refractivity (Wildman–Crippen MR) is 73.2 cm³/mol. The summed E-state index contributed by atoms with van der Waals surface area (Å²) in [7, 11) is 0. The molecule has 4 heteroatoms. The highest BCUT2D eigenvalue weighted by Gasteiger charge is 2.23. The van der Waals surface area contributed by atoms with E-state index in [1.807, 2.05) is 18.2 Å². The summed E-state index contributed by atoms with van der Waals surface area (Å²) >= 11 is 0. The number of hydrogen-bond donors (Lipinski definition) is 2. The van der Waals surface area contributed by atoms with E-state index in [-0.39, 0.29) is 5.56 Å². The van der Waals surface area contributed by atoms with E-state index in [4.69, 9.17) is 9.84 Å². The minimum absolute atomic E-state index is 0.228. The molecule has 0 saturated heterocycles. The highest BCUT2D eigenvalue weighted by molar-refractivity contribution is 5.87. The number of aliphatic hydroxyl groups is 1. The average Bonchev–Trinajstić information content (AvgIpc) is 2.82. The fourth-order valence-electron chi connectivity index (χ4n) is 2.49. The first-order valence-electron chi connectivity index (χ1n) is 6.46. The van der Waals surface area contributed by atoms with Crippen molar-refractivity contribution in [2.75, 3.05) is 0 Å². The molecule has 0 bridgehead atoms. The van der Waals surface area contributed by atoms with Crippen molar-refractivity contribution in [3.05, 3.63) is 59.2 Å². The molecule has 0 saturated carbocycles. The molecule has 2 aromatic carbocycles. The van der Waals surface area contributed by atoms with Gasteiger partial charge in [-0.05, 0) is 48.7 Å². The van der Waals surface area contributed by atoms with Crippen LogP contribution in [0.3, 0.4) is 0 Å². The number of ether oxygens (including phenoxy) is 1. The number of carboxylic acids is 1. The van der Waals surface area contributed by atoms with Crippen molar-refractivity contribution < 1.29 is 19.7 Å². The first-order chi connectivity index (χ1) is 9.65. The quantitative estimate of drug-likeness (QED) is 0.899. The molecule has 0 spiro atoms. The van der Waals surface area contributed by atoms with E-state index in [1.165, 1.54) is 12.1 Å². The number of carboxylic acid groups (broad SMARTS) is 1. The maximum Gasteiger partial charge on any atom is 0.335 e. The number of benzene rings is 2. The highest BCUT2D eigenvalue weighted by Crippen LogP contribution is 2.38. The number of aromatic carboxylic acids is 1. The lowest BCUT2D eigenvalue weighted by molar-refractivity contribution is 0.0697. The third-order valence-electron chi connectivity index (χ3n) is 3.53. The van der Waals surface area contributed by atoms with Gasteiger partial charge in [-0.3, -0.25) is 0 Å². The van der Waals surface area contributed by atoms with Crippen molar-refractivity contribution in [2.24, 2.45) is 0 Å². The lowest BCUT2D eigenvalue weighted by atomic mass is 10.1.